The quantitative estimate of drug-likeness (QED) is 0.686. The van der Waals surface area contributed by atoms with Crippen molar-refractivity contribution in [3.05, 3.63) is 59.8 Å². The third-order valence-corrected chi connectivity index (χ3v) is 5.69. The molecule has 0 amide bonds. The number of hydrogen-bond donors (Lipinski definition) is 3. The lowest BCUT2D eigenvalue weighted by atomic mass is 9.96. The second-order valence-electron chi connectivity index (χ2n) is 7.74. The van der Waals surface area contributed by atoms with E-state index in [-0.39, 0.29) is 23.8 Å². The van der Waals surface area contributed by atoms with E-state index >= 15 is 0 Å². The number of likely N-dealkylation sites (tertiary alicyclic amines) is 1. The Morgan fingerprint density at radius 2 is 2.13 bits per heavy atom. The zero-order valence-electron chi connectivity index (χ0n) is 16.3. The van der Waals surface area contributed by atoms with Crippen LogP contribution in [0.3, 0.4) is 0 Å². The van der Waals surface area contributed by atoms with Crippen LogP contribution in [0.4, 0.5) is 4.39 Å². The molecule has 3 aliphatic rings. The molecule has 10 heteroatoms. The monoisotopic (exact) mass is 410 g/mol. The normalized spacial score (nSPS) is 26.4. The second-order valence-corrected chi connectivity index (χ2v) is 7.74. The van der Waals surface area contributed by atoms with Crippen molar-refractivity contribution in [2.24, 2.45) is 26.4 Å². The number of aliphatic imine (C=N–C) groups is 3. The number of benzene rings is 1. The summed E-state index contributed by atoms with van der Waals surface area (Å²) in [5.74, 6) is 1.03. The van der Waals surface area contributed by atoms with Gasteiger partial charge in [-0.15, -0.1) is 0 Å². The fraction of sp³-hybridized carbons (Fsp3) is 0.350. The first-order valence-corrected chi connectivity index (χ1v) is 9.91. The molecule has 0 spiro atoms. The first-order chi connectivity index (χ1) is 14.5. The largest absolute Gasteiger partial charge is 0.465 e. The predicted molar refractivity (Wildman–Crippen MR) is 110 cm³/mol. The lowest BCUT2D eigenvalue weighted by Crippen LogP contribution is -2.55. The molecule has 1 aromatic carbocycles. The average Bonchev–Trinajstić information content (AvgIpc) is 3.43. The van der Waals surface area contributed by atoms with Gasteiger partial charge in [0.1, 0.15) is 11.6 Å². The molecule has 9 nitrogen and oxygen atoms in total. The van der Waals surface area contributed by atoms with E-state index in [0.29, 0.717) is 24.7 Å². The molecule has 4 heterocycles. The van der Waals surface area contributed by atoms with E-state index in [1.165, 1.54) is 11.1 Å². The predicted octanol–water partition coefficient (Wildman–Crippen LogP) is 1.45. The number of fused-ring (bicyclic) bond motifs is 1. The van der Waals surface area contributed by atoms with Gasteiger partial charge >= 0.3 is 0 Å². The third-order valence-electron chi connectivity index (χ3n) is 5.69. The van der Waals surface area contributed by atoms with Crippen LogP contribution in [0.15, 0.2) is 62.1 Å². The summed E-state index contributed by atoms with van der Waals surface area (Å²) in [4.78, 5) is 15.4. The van der Waals surface area contributed by atoms with Crippen molar-refractivity contribution in [2.75, 3.05) is 6.54 Å². The summed E-state index contributed by atoms with van der Waals surface area (Å²) < 4.78 is 19.4. The van der Waals surface area contributed by atoms with Crippen LogP contribution in [0.2, 0.25) is 0 Å². The number of nitrogens with zero attached hydrogens (tertiary/aromatic N) is 5. The van der Waals surface area contributed by atoms with Crippen molar-refractivity contribution in [2.45, 2.75) is 37.5 Å². The van der Waals surface area contributed by atoms with Crippen LogP contribution in [0.25, 0.3) is 0 Å². The number of hydrogen-bond acceptors (Lipinski definition) is 9. The van der Waals surface area contributed by atoms with Crippen molar-refractivity contribution < 1.29 is 8.81 Å². The topological polar surface area (TPSA) is 121 Å². The molecular weight excluding hydrogens is 387 g/mol. The van der Waals surface area contributed by atoms with E-state index in [1.807, 2.05) is 18.2 Å². The van der Waals surface area contributed by atoms with Gasteiger partial charge in [-0.2, -0.15) is 15.4 Å². The molecule has 30 heavy (non-hydrogen) atoms. The number of halogens is 1. The van der Waals surface area contributed by atoms with E-state index in [4.69, 9.17) is 20.9 Å². The van der Waals surface area contributed by atoms with E-state index in [1.54, 1.807) is 18.4 Å². The maximum atomic E-state index is 13.6. The van der Waals surface area contributed by atoms with E-state index in [9.17, 15) is 4.39 Å². The summed E-state index contributed by atoms with van der Waals surface area (Å²) in [5, 5.41) is 1.53. The van der Waals surface area contributed by atoms with E-state index in [2.05, 4.69) is 20.3 Å². The molecule has 0 aliphatic carbocycles. The Labute approximate surface area is 172 Å². The summed E-state index contributed by atoms with van der Waals surface area (Å²) >= 11 is 0. The minimum Gasteiger partial charge on any atom is -0.465 e. The van der Waals surface area contributed by atoms with Crippen molar-refractivity contribution >= 4 is 17.9 Å². The lowest BCUT2D eigenvalue weighted by molar-refractivity contribution is 0.147. The molecular formula is C20H23FN8O. The van der Waals surface area contributed by atoms with Crippen LogP contribution in [0, 0.1) is 5.82 Å². The summed E-state index contributed by atoms with van der Waals surface area (Å²) in [6, 6.07) is 10.6. The standard InChI is InChI=1S/C20H23FN8O/c21-14-5-1-4-13(10-14)12-28-8-2-6-15(28)11-20(16-7-3-9-30-16)26-19-25-17(22)24-18(23)29(19)27-20/h1,3-5,7,9-10,15,27H,2,6,8,11-12H2,(H4,22,23,24,25,26). The van der Waals surface area contributed by atoms with Gasteiger partial charge in [-0.05, 0) is 49.2 Å². The molecule has 2 aromatic rings. The Kier molecular flexibility index (Phi) is 4.52. The van der Waals surface area contributed by atoms with Gasteiger partial charge in [0.05, 0.1) is 6.26 Å². The van der Waals surface area contributed by atoms with E-state index in [0.717, 1.165) is 24.9 Å². The van der Waals surface area contributed by atoms with Crippen molar-refractivity contribution in [3.8, 4) is 0 Å². The summed E-state index contributed by atoms with van der Waals surface area (Å²) in [5.41, 5.74) is 15.2. The van der Waals surface area contributed by atoms with E-state index < -0.39 is 5.66 Å². The van der Waals surface area contributed by atoms with Crippen molar-refractivity contribution in [3.63, 3.8) is 0 Å². The van der Waals surface area contributed by atoms with Gasteiger partial charge in [-0.3, -0.25) is 4.90 Å². The number of nitrogens with one attached hydrogen (secondary N) is 1. The molecule has 1 aromatic heterocycles. The van der Waals surface area contributed by atoms with Gasteiger partial charge < -0.3 is 15.9 Å². The zero-order valence-corrected chi connectivity index (χ0v) is 16.3. The highest BCUT2D eigenvalue weighted by Crippen LogP contribution is 2.38. The molecule has 3 aliphatic heterocycles. The minimum atomic E-state index is -0.887. The molecule has 2 atom stereocenters. The Hall–Kier alpha value is -3.24. The summed E-state index contributed by atoms with van der Waals surface area (Å²) in [6.45, 7) is 1.61. The molecule has 5 N–H and O–H groups in total. The smallest absolute Gasteiger partial charge is 0.248 e. The third kappa shape index (κ3) is 3.33. The number of rotatable bonds is 5. The number of furan rings is 1. The van der Waals surface area contributed by atoms with Crippen LogP contribution in [-0.2, 0) is 12.2 Å². The molecule has 0 saturated carbocycles. The van der Waals surface area contributed by atoms with Crippen molar-refractivity contribution in [1.82, 2.24) is 15.3 Å². The first kappa shape index (κ1) is 18.8. The molecule has 1 saturated heterocycles. The zero-order chi connectivity index (χ0) is 20.7. The van der Waals surface area contributed by atoms with Gasteiger partial charge in [0.25, 0.3) is 0 Å². The van der Waals surface area contributed by atoms with Crippen LogP contribution in [0.1, 0.15) is 30.6 Å². The fourth-order valence-corrected chi connectivity index (χ4v) is 4.37. The Balaban J connectivity index is 1.44. The fourth-order valence-electron chi connectivity index (χ4n) is 4.37. The first-order valence-electron chi connectivity index (χ1n) is 9.91. The lowest BCUT2D eigenvalue weighted by Gasteiger charge is -2.33. The van der Waals surface area contributed by atoms with Crippen molar-refractivity contribution in [1.29, 1.82) is 0 Å². The van der Waals surface area contributed by atoms with Gasteiger partial charge in [0.2, 0.25) is 17.9 Å². The van der Waals surface area contributed by atoms with Crippen LogP contribution < -0.4 is 16.9 Å². The molecule has 1 fully saturated rings. The second kappa shape index (κ2) is 7.22. The maximum absolute atomic E-state index is 13.6. The van der Waals surface area contributed by atoms with Gasteiger partial charge in [-0.25, -0.2) is 14.4 Å². The highest BCUT2D eigenvalue weighted by Gasteiger charge is 2.48. The maximum Gasteiger partial charge on any atom is 0.248 e. The molecule has 2 unspecified atom stereocenters. The van der Waals surface area contributed by atoms with Gasteiger partial charge in [0, 0.05) is 19.0 Å². The van der Waals surface area contributed by atoms with Crippen LogP contribution in [0.5, 0.6) is 0 Å². The molecule has 156 valence electrons. The molecule has 0 bridgehead atoms. The molecule has 0 radical (unpaired) electrons. The van der Waals surface area contributed by atoms with Gasteiger partial charge in [-0.1, -0.05) is 12.1 Å². The molecule has 5 rings (SSSR count). The average molecular weight is 410 g/mol. The Morgan fingerprint density at radius 1 is 1.23 bits per heavy atom. The number of hydrazine groups is 1. The highest BCUT2D eigenvalue weighted by atomic mass is 19.1. The van der Waals surface area contributed by atoms with Crippen LogP contribution >= 0.6 is 0 Å². The van der Waals surface area contributed by atoms with Gasteiger partial charge in [0.15, 0.2) is 5.66 Å². The number of nitrogens with two attached hydrogens (primary N) is 2. The number of guanidine groups is 3. The minimum absolute atomic E-state index is 0.0631. The van der Waals surface area contributed by atoms with Crippen LogP contribution in [-0.4, -0.2) is 40.4 Å². The highest BCUT2D eigenvalue weighted by molar-refractivity contribution is 6.11. The SMILES string of the molecule is NC1=NC2=NC(CC3CCCN3Cc3cccc(F)c3)(c3ccco3)NN2C(N)=N1. The Bertz CT molecular complexity index is 1030. The summed E-state index contributed by atoms with van der Waals surface area (Å²) in [7, 11) is 0. The summed E-state index contributed by atoms with van der Waals surface area (Å²) in [6.07, 6.45) is 4.30. The Morgan fingerprint density at radius 3 is 2.93 bits per heavy atom.